The maximum atomic E-state index is 13.0. The summed E-state index contributed by atoms with van der Waals surface area (Å²) < 4.78 is 6.84. The van der Waals surface area contributed by atoms with E-state index in [-0.39, 0.29) is 24.0 Å². The maximum absolute atomic E-state index is 13.0. The number of carbonyl (C=O) groups excluding carboxylic acids is 2. The van der Waals surface area contributed by atoms with Crippen molar-refractivity contribution in [1.82, 2.24) is 20.0 Å². The summed E-state index contributed by atoms with van der Waals surface area (Å²) in [5, 5.41) is 7.60. The fourth-order valence-electron chi connectivity index (χ4n) is 4.32. The first-order valence-corrected chi connectivity index (χ1v) is 10.7. The van der Waals surface area contributed by atoms with Crippen molar-refractivity contribution in [3.8, 4) is 5.69 Å². The fourth-order valence-corrected chi connectivity index (χ4v) is 4.32. The second kappa shape index (κ2) is 9.36. The Morgan fingerprint density at radius 1 is 1.09 bits per heavy atom. The Morgan fingerprint density at radius 3 is 2.56 bits per heavy atom. The standard InChI is InChI=1S/C25H28N4O3/c1-17-12-18(2)29(27-17)22-11-7-10-20(13-22)24(30)26-21-14-23(25(31)32-3)28(16-21)15-19-8-5-4-6-9-19/h4-13,21,23H,14-16H2,1-3H3,(H,26,30)/t21-,23+/m1/s1. The van der Waals surface area contributed by atoms with Gasteiger partial charge >= 0.3 is 5.97 Å². The number of methoxy groups -OCH3 is 1. The van der Waals surface area contributed by atoms with E-state index in [9.17, 15) is 9.59 Å². The predicted molar refractivity (Wildman–Crippen MR) is 122 cm³/mol. The van der Waals surface area contributed by atoms with Crippen molar-refractivity contribution >= 4 is 11.9 Å². The van der Waals surface area contributed by atoms with Crippen LogP contribution in [0.5, 0.6) is 0 Å². The number of esters is 1. The summed E-state index contributed by atoms with van der Waals surface area (Å²) in [5.41, 5.74) is 4.45. The van der Waals surface area contributed by atoms with Crippen LogP contribution in [0.4, 0.5) is 0 Å². The average Bonchev–Trinajstić information content (AvgIpc) is 3.35. The van der Waals surface area contributed by atoms with Crippen LogP contribution in [0.1, 0.15) is 33.7 Å². The molecule has 4 rings (SSSR count). The van der Waals surface area contributed by atoms with E-state index >= 15 is 0 Å². The summed E-state index contributed by atoms with van der Waals surface area (Å²) in [6.07, 6.45) is 0.516. The Hall–Kier alpha value is -3.45. The van der Waals surface area contributed by atoms with Gasteiger partial charge < -0.3 is 10.1 Å². The quantitative estimate of drug-likeness (QED) is 0.606. The monoisotopic (exact) mass is 432 g/mol. The first-order chi connectivity index (χ1) is 15.4. The number of nitrogens with zero attached hydrogens (tertiary/aromatic N) is 3. The van der Waals surface area contributed by atoms with E-state index in [1.54, 1.807) is 6.07 Å². The lowest BCUT2D eigenvalue weighted by molar-refractivity contribution is -0.146. The molecule has 1 aromatic heterocycles. The lowest BCUT2D eigenvalue weighted by Gasteiger charge is -2.22. The molecule has 7 heteroatoms. The second-order valence-corrected chi connectivity index (χ2v) is 8.25. The average molecular weight is 433 g/mol. The summed E-state index contributed by atoms with van der Waals surface area (Å²) >= 11 is 0. The fraction of sp³-hybridized carbons (Fsp3) is 0.320. The van der Waals surface area contributed by atoms with Gasteiger partial charge in [0.2, 0.25) is 0 Å². The number of amides is 1. The molecular weight excluding hydrogens is 404 g/mol. The van der Waals surface area contributed by atoms with Gasteiger partial charge in [-0.2, -0.15) is 5.10 Å². The van der Waals surface area contributed by atoms with Crippen molar-refractivity contribution in [2.45, 2.75) is 38.9 Å². The van der Waals surface area contributed by atoms with Gasteiger partial charge in [-0.3, -0.25) is 14.5 Å². The molecule has 0 unspecified atom stereocenters. The van der Waals surface area contributed by atoms with Gasteiger partial charge in [0.1, 0.15) is 6.04 Å². The van der Waals surface area contributed by atoms with E-state index in [1.807, 2.05) is 73.1 Å². The van der Waals surface area contributed by atoms with Gasteiger partial charge in [-0.25, -0.2) is 4.68 Å². The van der Waals surface area contributed by atoms with Crippen molar-refractivity contribution in [2.75, 3.05) is 13.7 Å². The van der Waals surface area contributed by atoms with Crippen LogP contribution in [-0.2, 0) is 16.1 Å². The zero-order valence-electron chi connectivity index (χ0n) is 18.6. The molecule has 7 nitrogen and oxygen atoms in total. The van der Waals surface area contributed by atoms with E-state index in [4.69, 9.17) is 4.74 Å². The molecule has 1 aliphatic rings. The molecule has 0 radical (unpaired) electrons. The lowest BCUT2D eigenvalue weighted by atomic mass is 10.1. The van der Waals surface area contributed by atoms with Crippen LogP contribution >= 0.6 is 0 Å². The molecule has 2 atom stereocenters. The summed E-state index contributed by atoms with van der Waals surface area (Å²) in [7, 11) is 1.40. The molecule has 2 aromatic carbocycles. The molecule has 1 fully saturated rings. The summed E-state index contributed by atoms with van der Waals surface area (Å²) in [5.74, 6) is -0.437. The minimum atomic E-state index is -0.383. The predicted octanol–water partition coefficient (Wildman–Crippen LogP) is 3.04. The zero-order chi connectivity index (χ0) is 22.7. The van der Waals surface area contributed by atoms with Crippen LogP contribution in [0, 0.1) is 13.8 Å². The molecule has 0 spiro atoms. The minimum Gasteiger partial charge on any atom is -0.468 e. The van der Waals surface area contributed by atoms with Gasteiger partial charge in [-0.15, -0.1) is 0 Å². The molecule has 1 aliphatic heterocycles. The number of hydrogen-bond acceptors (Lipinski definition) is 5. The smallest absolute Gasteiger partial charge is 0.323 e. The molecule has 1 N–H and O–H groups in total. The Bertz CT molecular complexity index is 1110. The molecule has 2 heterocycles. The number of nitrogens with one attached hydrogen (secondary N) is 1. The van der Waals surface area contributed by atoms with E-state index in [1.165, 1.54) is 7.11 Å². The molecule has 166 valence electrons. The van der Waals surface area contributed by atoms with Gasteiger partial charge in [0.25, 0.3) is 5.91 Å². The van der Waals surface area contributed by atoms with Gasteiger partial charge in [-0.1, -0.05) is 36.4 Å². The van der Waals surface area contributed by atoms with Crippen molar-refractivity contribution in [3.05, 3.63) is 83.2 Å². The summed E-state index contributed by atoms with van der Waals surface area (Å²) in [4.78, 5) is 27.4. The number of benzene rings is 2. The second-order valence-electron chi connectivity index (χ2n) is 8.25. The number of carbonyl (C=O) groups is 2. The van der Waals surface area contributed by atoms with E-state index in [2.05, 4.69) is 15.3 Å². The largest absolute Gasteiger partial charge is 0.468 e. The van der Waals surface area contributed by atoms with E-state index < -0.39 is 0 Å². The SMILES string of the molecule is COC(=O)[C@@H]1C[C@@H](NC(=O)c2cccc(-n3nc(C)cc3C)c2)CN1Cc1ccccc1. The van der Waals surface area contributed by atoms with Crippen LogP contribution in [0.15, 0.2) is 60.7 Å². The van der Waals surface area contributed by atoms with Crippen LogP contribution < -0.4 is 5.32 Å². The molecule has 0 bridgehead atoms. The van der Waals surface area contributed by atoms with Crippen LogP contribution in [0.3, 0.4) is 0 Å². The van der Waals surface area contributed by atoms with Crippen LogP contribution in [0.2, 0.25) is 0 Å². The molecule has 0 saturated carbocycles. The van der Waals surface area contributed by atoms with E-state index in [0.29, 0.717) is 25.1 Å². The Morgan fingerprint density at radius 2 is 1.88 bits per heavy atom. The van der Waals surface area contributed by atoms with Crippen molar-refractivity contribution in [3.63, 3.8) is 0 Å². The number of likely N-dealkylation sites (tertiary alicyclic amines) is 1. The van der Waals surface area contributed by atoms with Gasteiger partial charge in [0, 0.05) is 30.4 Å². The number of ether oxygens (including phenoxy) is 1. The third-order valence-corrected chi connectivity index (χ3v) is 5.80. The molecule has 0 aliphatic carbocycles. The number of aryl methyl sites for hydroxylation is 2. The van der Waals surface area contributed by atoms with Crippen molar-refractivity contribution < 1.29 is 14.3 Å². The molecule has 32 heavy (non-hydrogen) atoms. The topological polar surface area (TPSA) is 76.5 Å². The minimum absolute atomic E-state index is 0.146. The van der Waals surface area contributed by atoms with Crippen LogP contribution in [-0.4, -0.2) is 52.3 Å². The number of aromatic nitrogens is 2. The molecule has 1 amide bonds. The first kappa shape index (κ1) is 21.8. The highest BCUT2D eigenvalue weighted by Crippen LogP contribution is 2.22. The van der Waals surface area contributed by atoms with Crippen LogP contribution in [0.25, 0.3) is 5.69 Å². The number of hydrogen-bond donors (Lipinski definition) is 1. The van der Waals surface area contributed by atoms with Gasteiger partial charge in [0.15, 0.2) is 0 Å². The van der Waals surface area contributed by atoms with Gasteiger partial charge in [0.05, 0.1) is 18.5 Å². The Labute approximate surface area is 188 Å². The maximum Gasteiger partial charge on any atom is 0.323 e. The summed E-state index contributed by atoms with van der Waals surface area (Å²) in [6.45, 7) is 5.14. The van der Waals surface area contributed by atoms with Crippen molar-refractivity contribution in [2.24, 2.45) is 0 Å². The number of rotatable bonds is 6. The Balaban J connectivity index is 1.47. The Kier molecular flexibility index (Phi) is 6.37. The highest BCUT2D eigenvalue weighted by molar-refractivity contribution is 5.95. The highest BCUT2D eigenvalue weighted by Gasteiger charge is 2.38. The normalized spacial score (nSPS) is 18.5. The zero-order valence-corrected chi connectivity index (χ0v) is 18.6. The molecular formula is C25H28N4O3. The van der Waals surface area contributed by atoms with Crippen molar-refractivity contribution in [1.29, 1.82) is 0 Å². The lowest BCUT2D eigenvalue weighted by Crippen LogP contribution is -2.37. The first-order valence-electron chi connectivity index (χ1n) is 10.7. The summed E-state index contributed by atoms with van der Waals surface area (Å²) in [6, 6.07) is 18.9. The highest BCUT2D eigenvalue weighted by atomic mass is 16.5. The molecule has 1 saturated heterocycles. The van der Waals surface area contributed by atoms with E-state index in [0.717, 1.165) is 22.6 Å². The third-order valence-electron chi connectivity index (χ3n) is 5.80. The third kappa shape index (κ3) is 4.73. The van der Waals surface area contributed by atoms with Gasteiger partial charge in [-0.05, 0) is 50.1 Å². The molecule has 3 aromatic rings.